The maximum Gasteiger partial charge on any atom is 0.253 e. The van der Waals surface area contributed by atoms with Gasteiger partial charge in [-0.25, -0.2) is 4.39 Å². The molecule has 8 nitrogen and oxygen atoms in total. The lowest BCUT2D eigenvalue weighted by Crippen LogP contribution is -2.51. The fraction of sp³-hybridized carbons (Fsp3) is 0.500. The molecule has 1 saturated heterocycles. The van der Waals surface area contributed by atoms with Crippen molar-refractivity contribution in [1.29, 1.82) is 0 Å². The molecule has 1 fully saturated rings. The summed E-state index contributed by atoms with van der Waals surface area (Å²) in [6.07, 6.45) is 0. The van der Waals surface area contributed by atoms with Crippen molar-refractivity contribution in [3.05, 3.63) is 24.0 Å². The van der Waals surface area contributed by atoms with Gasteiger partial charge in [-0.1, -0.05) is 20.8 Å². The third-order valence-electron chi connectivity index (χ3n) is 3.88. The van der Waals surface area contributed by atoms with Crippen LogP contribution in [-0.2, 0) is 19.1 Å². The SMILES string of the molecule is CC(C)(C)CN[C@@H](C(N)=O)C(=O)Nc1ccc(N2CCOCC2=O)c(F)c1. The minimum absolute atomic E-state index is 0.0995. The van der Waals surface area contributed by atoms with Gasteiger partial charge in [0.05, 0.1) is 12.3 Å². The number of halogens is 1. The Morgan fingerprint density at radius 3 is 2.63 bits per heavy atom. The Kier molecular flexibility index (Phi) is 6.50. The maximum absolute atomic E-state index is 14.4. The Balaban J connectivity index is 2.09. The minimum atomic E-state index is -1.24. The van der Waals surface area contributed by atoms with E-state index in [4.69, 9.17) is 10.5 Å². The molecule has 1 heterocycles. The van der Waals surface area contributed by atoms with Gasteiger partial charge in [0, 0.05) is 18.8 Å². The molecule has 1 aliphatic rings. The van der Waals surface area contributed by atoms with Crippen LogP contribution in [0, 0.1) is 11.2 Å². The van der Waals surface area contributed by atoms with Gasteiger partial charge in [0.1, 0.15) is 12.4 Å². The molecular formula is C18H25FN4O4. The van der Waals surface area contributed by atoms with Gasteiger partial charge in [0.15, 0.2) is 6.04 Å². The van der Waals surface area contributed by atoms with Gasteiger partial charge < -0.3 is 20.7 Å². The number of hydrogen-bond donors (Lipinski definition) is 3. The van der Waals surface area contributed by atoms with Crippen molar-refractivity contribution in [1.82, 2.24) is 5.32 Å². The van der Waals surface area contributed by atoms with Crippen LogP contribution in [0.25, 0.3) is 0 Å². The van der Waals surface area contributed by atoms with E-state index in [0.29, 0.717) is 13.2 Å². The van der Waals surface area contributed by atoms with Crippen LogP contribution in [0.2, 0.25) is 0 Å². The molecule has 1 atom stereocenters. The van der Waals surface area contributed by atoms with E-state index in [9.17, 15) is 18.8 Å². The standard InChI is InChI=1S/C18H25FN4O4/c1-18(2,3)10-21-15(16(20)25)17(26)22-11-4-5-13(12(19)8-11)23-6-7-27-9-14(23)24/h4-5,8,15,21H,6-7,9-10H2,1-3H3,(H2,20,25)(H,22,26)/t15-/m0/s1. The monoisotopic (exact) mass is 380 g/mol. The lowest BCUT2D eigenvalue weighted by atomic mass is 9.96. The summed E-state index contributed by atoms with van der Waals surface area (Å²) in [5.74, 6) is -2.51. The first-order valence-electron chi connectivity index (χ1n) is 8.60. The maximum atomic E-state index is 14.4. The highest BCUT2D eigenvalue weighted by Gasteiger charge is 2.27. The number of carbonyl (C=O) groups excluding carboxylic acids is 3. The number of nitrogens with zero attached hydrogens (tertiary/aromatic N) is 1. The van der Waals surface area contributed by atoms with Gasteiger partial charge in [-0.2, -0.15) is 0 Å². The van der Waals surface area contributed by atoms with E-state index in [1.807, 2.05) is 20.8 Å². The van der Waals surface area contributed by atoms with E-state index in [1.54, 1.807) is 0 Å². The van der Waals surface area contributed by atoms with E-state index in [1.165, 1.54) is 17.0 Å². The summed E-state index contributed by atoms with van der Waals surface area (Å²) in [5, 5.41) is 5.29. The summed E-state index contributed by atoms with van der Waals surface area (Å²) >= 11 is 0. The van der Waals surface area contributed by atoms with Crippen LogP contribution in [0.3, 0.4) is 0 Å². The molecular weight excluding hydrogens is 355 g/mol. The number of hydrogen-bond acceptors (Lipinski definition) is 5. The number of anilines is 2. The molecule has 0 aromatic heterocycles. The average Bonchev–Trinajstić information content (AvgIpc) is 2.54. The van der Waals surface area contributed by atoms with E-state index in [2.05, 4.69) is 10.6 Å². The number of benzene rings is 1. The quantitative estimate of drug-likeness (QED) is 0.626. The number of amides is 3. The zero-order valence-electron chi connectivity index (χ0n) is 15.7. The number of carbonyl (C=O) groups is 3. The molecule has 0 spiro atoms. The Hall–Kier alpha value is -2.52. The van der Waals surface area contributed by atoms with Crippen molar-refractivity contribution >= 4 is 29.1 Å². The Labute approximate surface area is 157 Å². The zero-order valence-corrected chi connectivity index (χ0v) is 15.7. The van der Waals surface area contributed by atoms with Gasteiger partial charge in [0.25, 0.3) is 11.8 Å². The van der Waals surface area contributed by atoms with Crippen molar-refractivity contribution in [3.63, 3.8) is 0 Å². The summed E-state index contributed by atoms with van der Waals surface area (Å²) in [5.41, 5.74) is 5.40. The molecule has 1 aromatic carbocycles. The van der Waals surface area contributed by atoms with Crippen LogP contribution in [0.1, 0.15) is 20.8 Å². The Morgan fingerprint density at radius 1 is 1.37 bits per heavy atom. The Morgan fingerprint density at radius 2 is 2.07 bits per heavy atom. The lowest BCUT2D eigenvalue weighted by molar-refractivity contribution is -0.128. The molecule has 148 valence electrons. The fourth-order valence-corrected chi connectivity index (χ4v) is 2.52. The largest absolute Gasteiger partial charge is 0.370 e. The van der Waals surface area contributed by atoms with Crippen LogP contribution in [0.15, 0.2) is 18.2 Å². The van der Waals surface area contributed by atoms with Gasteiger partial charge in [0.2, 0.25) is 5.91 Å². The average molecular weight is 380 g/mol. The van der Waals surface area contributed by atoms with Gasteiger partial charge >= 0.3 is 0 Å². The first-order chi connectivity index (χ1) is 12.6. The molecule has 4 N–H and O–H groups in total. The summed E-state index contributed by atoms with van der Waals surface area (Å²) < 4.78 is 19.5. The molecule has 0 unspecified atom stereocenters. The number of nitrogens with two attached hydrogens (primary N) is 1. The Bertz CT molecular complexity index is 733. The summed E-state index contributed by atoms with van der Waals surface area (Å²) in [6.45, 7) is 6.69. The highest BCUT2D eigenvalue weighted by Crippen LogP contribution is 2.24. The molecule has 1 aromatic rings. The van der Waals surface area contributed by atoms with Crippen molar-refractivity contribution in [2.45, 2.75) is 26.8 Å². The summed E-state index contributed by atoms with van der Waals surface area (Å²) in [7, 11) is 0. The first-order valence-corrected chi connectivity index (χ1v) is 8.60. The van der Waals surface area contributed by atoms with Crippen LogP contribution < -0.4 is 21.3 Å². The highest BCUT2D eigenvalue weighted by atomic mass is 19.1. The molecule has 1 aliphatic heterocycles. The molecule has 2 rings (SSSR count). The molecule has 27 heavy (non-hydrogen) atoms. The molecule has 0 radical (unpaired) electrons. The van der Waals surface area contributed by atoms with Gasteiger partial charge in [-0.15, -0.1) is 0 Å². The smallest absolute Gasteiger partial charge is 0.253 e. The molecule has 0 saturated carbocycles. The van der Waals surface area contributed by atoms with Crippen molar-refractivity contribution in [2.24, 2.45) is 11.1 Å². The topological polar surface area (TPSA) is 114 Å². The number of rotatable bonds is 6. The van der Waals surface area contributed by atoms with Gasteiger partial charge in [-0.3, -0.25) is 19.7 Å². The number of morpholine rings is 1. The van der Waals surface area contributed by atoms with Crippen LogP contribution in [0.5, 0.6) is 0 Å². The molecule has 9 heteroatoms. The number of ether oxygens (including phenoxy) is 1. The van der Waals surface area contributed by atoms with E-state index in [-0.39, 0.29) is 35.8 Å². The van der Waals surface area contributed by atoms with E-state index >= 15 is 0 Å². The molecule has 0 bridgehead atoms. The first kappa shape index (κ1) is 20.8. The van der Waals surface area contributed by atoms with Crippen LogP contribution in [0.4, 0.5) is 15.8 Å². The summed E-state index contributed by atoms with van der Waals surface area (Å²) in [6, 6.07) is 2.71. The predicted molar refractivity (Wildman–Crippen MR) is 98.6 cm³/mol. The third-order valence-corrected chi connectivity index (χ3v) is 3.88. The van der Waals surface area contributed by atoms with Crippen LogP contribution >= 0.6 is 0 Å². The molecule has 0 aliphatic carbocycles. The fourth-order valence-electron chi connectivity index (χ4n) is 2.52. The van der Waals surface area contributed by atoms with Crippen LogP contribution in [-0.4, -0.2) is 50.1 Å². The second kappa shape index (κ2) is 8.45. The lowest BCUT2D eigenvalue weighted by Gasteiger charge is -2.27. The van der Waals surface area contributed by atoms with E-state index in [0.717, 1.165) is 6.07 Å². The summed E-state index contributed by atoms with van der Waals surface area (Å²) in [4.78, 5) is 37.0. The second-order valence-corrected chi connectivity index (χ2v) is 7.53. The highest BCUT2D eigenvalue weighted by molar-refractivity contribution is 6.09. The minimum Gasteiger partial charge on any atom is -0.370 e. The number of nitrogens with one attached hydrogen (secondary N) is 2. The van der Waals surface area contributed by atoms with Gasteiger partial charge in [-0.05, 0) is 23.6 Å². The predicted octanol–water partition coefficient (Wildman–Crippen LogP) is 0.617. The zero-order chi connectivity index (χ0) is 20.2. The molecule has 3 amide bonds. The second-order valence-electron chi connectivity index (χ2n) is 7.53. The third kappa shape index (κ3) is 5.73. The van der Waals surface area contributed by atoms with Crippen molar-refractivity contribution < 1.29 is 23.5 Å². The number of primary amides is 1. The van der Waals surface area contributed by atoms with Crippen molar-refractivity contribution in [2.75, 3.05) is 36.5 Å². The van der Waals surface area contributed by atoms with E-state index < -0.39 is 23.7 Å². The normalized spacial score (nSPS) is 16.1. The van der Waals surface area contributed by atoms with Crippen molar-refractivity contribution in [3.8, 4) is 0 Å².